The fourth-order valence-electron chi connectivity index (χ4n) is 3.33. The predicted molar refractivity (Wildman–Crippen MR) is 91.3 cm³/mol. The summed E-state index contributed by atoms with van der Waals surface area (Å²) in [6.45, 7) is 1.73. The van der Waals surface area contributed by atoms with Crippen LogP contribution < -0.4 is 10.2 Å². The first-order chi connectivity index (χ1) is 12.2. The highest BCUT2D eigenvalue weighted by molar-refractivity contribution is 5.75. The van der Waals surface area contributed by atoms with Gasteiger partial charge >= 0.3 is 0 Å². The van der Waals surface area contributed by atoms with Crippen molar-refractivity contribution in [2.24, 2.45) is 0 Å². The lowest BCUT2D eigenvalue weighted by Crippen LogP contribution is -2.48. The summed E-state index contributed by atoms with van der Waals surface area (Å²) in [6, 6.07) is 7.18. The Hall–Kier alpha value is -2.54. The van der Waals surface area contributed by atoms with Crippen LogP contribution in [0.1, 0.15) is 18.0 Å². The number of nitrogens with one attached hydrogen (secondary N) is 1. The van der Waals surface area contributed by atoms with Gasteiger partial charge in [-0.15, -0.1) is 5.10 Å². The van der Waals surface area contributed by atoms with Crippen molar-refractivity contribution in [1.82, 2.24) is 20.1 Å². The molecule has 1 unspecified atom stereocenters. The number of benzene rings is 1. The van der Waals surface area contributed by atoms with Gasteiger partial charge in [-0.05, 0) is 42.8 Å². The van der Waals surface area contributed by atoms with Crippen LogP contribution in [-0.4, -0.2) is 40.6 Å². The normalized spacial score (nSPS) is 20.6. The van der Waals surface area contributed by atoms with Gasteiger partial charge in [-0.25, -0.2) is 18.4 Å². The smallest absolute Gasteiger partial charge is 0.181 e. The van der Waals surface area contributed by atoms with Gasteiger partial charge in [0.2, 0.25) is 0 Å². The van der Waals surface area contributed by atoms with Gasteiger partial charge < -0.3 is 10.2 Å². The van der Waals surface area contributed by atoms with Crippen molar-refractivity contribution in [2.75, 3.05) is 24.5 Å². The summed E-state index contributed by atoms with van der Waals surface area (Å²) in [5, 5.41) is 8.63. The van der Waals surface area contributed by atoms with Gasteiger partial charge in [0.15, 0.2) is 5.65 Å². The number of hydrogen-bond donors (Lipinski definition) is 1. The van der Waals surface area contributed by atoms with Gasteiger partial charge in [0.25, 0.3) is 0 Å². The van der Waals surface area contributed by atoms with E-state index in [0.29, 0.717) is 30.5 Å². The van der Waals surface area contributed by atoms with Gasteiger partial charge in [0.1, 0.15) is 17.7 Å². The number of rotatable bonds is 3. The van der Waals surface area contributed by atoms with E-state index >= 15 is 0 Å². The van der Waals surface area contributed by atoms with Crippen LogP contribution in [0.4, 0.5) is 14.5 Å². The molecule has 5 nitrogen and oxygen atoms in total. The number of fused-ring (bicyclic) bond motifs is 1. The molecule has 4 heterocycles. The summed E-state index contributed by atoms with van der Waals surface area (Å²) in [5.41, 5.74) is 2.86. The molecule has 0 amide bonds. The van der Waals surface area contributed by atoms with Crippen LogP contribution in [0, 0.1) is 5.82 Å². The zero-order valence-corrected chi connectivity index (χ0v) is 13.5. The molecule has 2 aliphatic rings. The number of hydrogen-bond acceptors (Lipinski definition) is 4. The lowest BCUT2D eigenvalue weighted by atomic mass is 9.99. The number of alkyl halides is 1. The molecule has 1 atom stereocenters. The molecule has 128 valence electrons. The molecule has 2 aliphatic heterocycles. The van der Waals surface area contributed by atoms with Crippen molar-refractivity contribution in [2.45, 2.75) is 18.6 Å². The van der Waals surface area contributed by atoms with E-state index in [1.165, 1.54) is 10.7 Å². The van der Waals surface area contributed by atoms with E-state index in [0.717, 1.165) is 29.6 Å². The number of nitrogens with zero attached hydrogens (tertiary/aromatic N) is 4. The lowest BCUT2D eigenvalue weighted by Gasteiger charge is -2.36. The van der Waals surface area contributed by atoms with E-state index in [1.54, 1.807) is 18.3 Å². The molecule has 2 saturated heterocycles. The molecular formula is C18H17F2N5. The lowest BCUT2D eigenvalue weighted by molar-refractivity contribution is 0.275. The first kappa shape index (κ1) is 14.8. The third kappa shape index (κ3) is 2.46. The molecule has 1 N–H and O–H groups in total. The maximum Gasteiger partial charge on any atom is 0.181 e. The Labute approximate surface area is 143 Å². The molecule has 3 aromatic rings. The Balaban J connectivity index is 1.52. The van der Waals surface area contributed by atoms with Gasteiger partial charge in [-0.1, -0.05) is 0 Å². The molecule has 5 rings (SSSR count). The topological polar surface area (TPSA) is 46.0 Å². The second-order valence-corrected chi connectivity index (χ2v) is 6.69. The molecule has 2 aromatic heterocycles. The maximum absolute atomic E-state index is 14.3. The molecule has 0 aliphatic carbocycles. The van der Waals surface area contributed by atoms with Crippen LogP contribution in [0.5, 0.6) is 0 Å². The monoisotopic (exact) mass is 341 g/mol. The molecule has 1 aromatic carbocycles. The molecule has 25 heavy (non-hydrogen) atoms. The minimum Gasteiger partial charge on any atom is -0.365 e. The van der Waals surface area contributed by atoms with Crippen molar-refractivity contribution < 1.29 is 8.78 Å². The van der Waals surface area contributed by atoms with Crippen LogP contribution in [-0.2, 0) is 0 Å². The fourth-order valence-corrected chi connectivity index (χ4v) is 3.33. The van der Waals surface area contributed by atoms with Gasteiger partial charge in [0, 0.05) is 29.5 Å². The molecule has 0 saturated carbocycles. The summed E-state index contributed by atoms with van der Waals surface area (Å²) in [6.07, 6.45) is 3.91. The third-order valence-corrected chi connectivity index (χ3v) is 4.98. The Kier molecular flexibility index (Phi) is 3.24. The molecule has 2 fully saturated rings. The van der Waals surface area contributed by atoms with Crippen LogP contribution in [0.25, 0.3) is 16.7 Å². The van der Waals surface area contributed by atoms with Gasteiger partial charge in [-0.2, -0.15) is 0 Å². The van der Waals surface area contributed by atoms with Gasteiger partial charge in [-0.3, -0.25) is 0 Å². The zero-order valence-electron chi connectivity index (χ0n) is 13.5. The highest BCUT2D eigenvalue weighted by atomic mass is 19.1. The number of anilines is 1. The average molecular weight is 341 g/mol. The Morgan fingerprint density at radius 2 is 2.04 bits per heavy atom. The Bertz CT molecular complexity index is 944. The first-order valence-corrected chi connectivity index (χ1v) is 8.45. The van der Waals surface area contributed by atoms with Crippen LogP contribution in [0.15, 0.2) is 36.7 Å². The van der Waals surface area contributed by atoms with Crippen molar-refractivity contribution in [3.63, 3.8) is 0 Å². The summed E-state index contributed by atoms with van der Waals surface area (Å²) < 4.78 is 28.9. The van der Waals surface area contributed by atoms with E-state index in [-0.39, 0.29) is 5.82 Å². The van der Waals surface area contributed by atoms with E-state index in [9.17, 15) is 8.78 Å². The third-order valence-electron chi connectivity index (χ3n) is 4.98. The number of halogens is 2. The second-order valence-electron chi connectivity index (χ2n) is 6.69. The average Bonchev–Trinajstić information content (AvgIpc) is 2.94. The molecular weight excluding hydrogens is 324 g/mol. The summed E-state index contributed by atoms with van der Waals surface area (Å²) in [4.78, 5) is 6.28. The highest BCUT2D eigenvalue weighted by Gasteiger charge is 2.27. The minimum absolute atomic E-state index is 0.348. The second kappa shape index (κ2) is 5.49. The zero-order chi connectivity index (χ0) is 17.0. The number of aromatic nitrogens is 3. The predicted octanol–water partition coefficient (Wildman–Crippen LogP) is 2.75. The van der Waals surface area contributed by atoms with E-state index in [2.05, 4.69) is 15.4 Å². The Morgan fingerprint density at radius 1 is 1.20 bits per heavy atom. The van der Waals surface area contributed by atoms with Crippen LogP contribution in [0.2, 0.25) is 0 Å². The first-order valence-electron chi connectivity index (χ1n) is 8.45. The fraction of sp³-hybridized carbons (Fsp3) is 0.333. The SMILES string of the molecule is Fc1ccc(N2CC(F)C2)cc1-n1cc2cc(C3CCN3)cnc2n1. The molecule has 0 radical (unpaired) electrons. The highest BCUT2D eigenvalue weighted by Crippen LogP contribution is 2.28. The van der Waals surface area contributed by atoms with Crippen molar-refractivity contribution >= 4 is 16.7 Å². The van der Waals surface area contributed by atoms with Crippen molar-refractivity contribution in [3.05, 3.63) is 48.0 Å². The molecule has 0 bridgehead atoms. The van der Waals surface area contributed by atoms with Crippen LogP contribution in [0.3, 0.4) is 0 Å². The standard InChI is InChI=1S/C18H17F2N5/c19-13-9-24(10-13)14-1-2-15(20)17(6-14)25-8-12-5-11(16-3-4-21-16)7-22-18(12)23-25/h1-2,5-8,13,16,21H,3-4,9-10H2. The van der Waals surface area contributed by atoms with E-state index in [1.807, 2.05) is 17.2 Å². The summed E-state index contributed by atoms with van der Waals surface area (Å²) >= 11 is 0. The van der Waals surface area contributed by atoms with Crippen molar-refractivity contribution in [3.8, 4) is 5.69 Å². The maximum atomic E-state index is 14.3. The molecule has 7 heteroatoms. The van der Waals surface area contributed by atoms with Crippen LogP contribution >= 0.6 is 0 Å². The summed E-state index contributed by atoms with van der Waals surface area (Å²) in [5.74, 6) is -0.366. The van der Waals surface area contributed by atoms with E-state index in [4.69, 9.17) is 0 Å². The van der Waals surface area contributed by atoms with Crippen molar-refractivity contribution in [1.29, 1.82) is 0 Å². The quantitative estimate of drug-likeness (QED) is 0.796. The van der Waals surface area contributed by atoms with Gasteiger partial charge in [0.05, 0.1) is 13.1 Å². The summed E-state index contributed by atoms with van der Waals surface area (Å²) in [7, 11) is 0. The number of pyridine rings is 1. The Morgan fingerprint density at radius 3 is 2.76 bits per heavy atom. The largest absolute Gasteiger partial charge is 0.365 e. The minimum atomic E-state index is -0.802. The van der Waals surface area contributed by atoms with E-state index < -0.39 is 6.17 Å². The molecule has 0 spiro atoms.